The Bertz CT molecular complexity index is 1140. The van der Waals surface area contributed by atoms with E-state index in [4.69, 9.17) is 0 Å². The lowest BCUT2D eigenvalue weighted by atomic mass is 9.85. The Morgan fingerprint density at radius 1 is 1.13 bits per heavy atom. The monoisotopic (exact) mass is 436 g/mol. The number of carbonyl (C=O) groups is 2. The zero-order chi connectivity index (χ0) is 20.9. The summed E-state index contributed by atoms with van der Waals surface area (Å²) in [5, 5.41) is 6.88. The van der Waals surface area contributed by atoms with Crippen molar-refractivity contribution in [2.45, 2.75) is 50.9 Å². The van der Waals surface area contributed by atoms with Gasteiger partial charge < -0.3 is 15.6 Å². The van der Waals surface area contributed by atoms with Gasteiger partial charge >= 0.3 is 0 Å². The summed E-state index contributed by atoms with van der Waals surface area (Å²) in [6.07, 6.45) is 10.1. The Morgan fingerprint density at radius 2 is 1.97 bits per heavy atom. The maximum absolute atomic E-state index is 13.2. The van der Waals surface area contributed by atoms with E-state index in [0.29, 0.717) is 34.3 Å². The van der Waals surface area contributed by atoms with E-state index in [-0.39, 0.29) is 23.7 Å². The van der Waals surface area contributed by atoms with Crippen molar-refractivity contribution in [3.05, 3.63) is 34.2 Å². The second kappa shape index (κ2) is 7.40. The molecule has 3 aromatic heterocycles. The third kappa shape index (κ3) is 3.71. The van der Waals surface area contributed by atoms with E-state index in [2.05, 4.69) is 30.6 Å². The Labute approximate surface area is 183 Å². The maximum atomic E-state index is 13.2. The van der Waals surface area contributed by atoms with Gasteiger partial charge in [-0.15, -0.1) is 11.3 Å². The molecule has 3 N–H and O–H groups in total. The van der Waals surface area contributed by atoms with Crippen LogP contribution in [0.1, 0.15) is 64.6 Å². The van der Waals surface area contributed by atoms with Crippen LogP contribution < -0.4 is 10.6 Å². The molecule has 1 atom stereocenters. The summed E-state index contributed by atoms with van der Waals surface area (Å²) < 4.78 is 0. The molecular formula is C22H24N6O2S. The first-order chi connectivity index (χ1) is 15.2. The SMILES string of the molecule is O=C(NCC1CC1)c1c(NC(=O)C2CC2)sc2c1CC(c1nc3nccnc3[nH]1)CC2. The van der Waals surface area contributed by atoms with Crippen LogP contribution in [-0.4, -0.2) is 38.3 Å². The normalized spacial score (nSPS) is 20.5. The highest BCUT2D eigenvalue weighted by Gasteiger charge is 2.35. The molecule has 1 unspecified atom stereocenters. The van der Waals surface area contributed by atoms with Crippen LogP contribution in [-0.2, 0) is 17.6 Å². The van der Waals surface area contributed by atoms with Crippen LogP contribution in [0.2, 0.25) is 0 Å². The van der Waals surface area contributed by atoms with Gasteiger partial charge in [0, 0.05) is 35.7 Å². The molecule has 6 rings (SSSR count). The van der Waals surface area contributed by atoms with Gasteiger partial charge in [0.1, 0.15) is 10.8 Å². The minimum atomic E-state index is -0.0657. The van der Waals surface area contributed by atoms with Crippen molar-refractivity contribution < 1.29 is 9.59 Å². The average Bonchev–Trinajstić information content (AvgIpc) is 3.70. The first kappa shape index (κ1) is 18.9. The molecule has 0 aromatic carbocycles. The van der Waals surface area contributed by atoms with Gasteiger partial charge in [-0.05, 0) is 56.4 Å². The number of rotatable bonds is 6. The van der Waals surface area contributed by atoms with Gasteiger partial charge in [-0.25, -0.2) is 15.0 Å². The highest BCUT2D eigenvalue weighted by Crippen LogP contribution is 2.43. The van der Waals surface area contributed by atoms with Crippen molar-refractivity contribution in [3.8, 4) is 0 Å². The summed E-state index contributed by atoms with van der Waals surface area (Å²) in [6, 6.07) is 0. The number of thiophene rings is 1. The van der Waals surface area contributed by atoms with E-state index >= 15 is 0 Å². The number of aryl methyl sites for hydroxylation is 1. The summed E-state index contributed by atoms with van der Waals surface area (Å²) in [5.41, 5.74) is 3.02. The molecule has 2 amide bonds. The topological polar surface area (TPSA) is 113 Å². The lowest BCUT2D eigenvalue weighted by Crippen LogP contribution is -2.28. The Morgan fingerprint density at radius 3 is 2.74 bits per heavy atom. The fraction of sp³-hybridized carbons (Fsp3) is 0.500. The Balaban J connectivity index is 1.31. The lowest BCUT2D eigenvalue weighted by molar-refractivity contribution is -0.117. The molecule has 0 saturated heterocycles. The third-order valence-electron chi connectivity index (χ3n) is 6.46. The van der Waals surface area contributed by atoms with Gasteiger partial charge in [-0.3, -0.25) is 9.59 Å². The first-order valence-corrected chi connectivity index (χ1v) is 11.9. The third-order valence-corrected chi connectivity index (χ3v) is 7.67. The lowest BCUT2D eigenvalue weighted by Gasteiger charge is -2.21. The highest BCUT2D eigenvalue weighted by atomic mass is 32.1. The maximum Gasteiger partial charge on any atom is 0.254 e. The zero-order valence-corrected chi connectivity index (χ0v) is 17.9. The molecule has 3 aliphatic carbocycles. The molecular weight excluding hydrogens is 412 g/mol. The number of carbonyl (C=O) groups excluding carboxylic acids is 2. The quantitative estimate of drug-likeness (QED) is 0.549. The molecule has 0 bridgehead atoms. The number of aromatic nitrogens is 4. The molecule has 0 aliphatic heterocycles. The number of fused-ring (bicyclic) bond motifs is 2. The number of anilines is 1. The van der Waals surface area contributed by atoms with E-state index in [9.17, 15) is 9.59 Å². The van der Waals surface area contributed by atoms with E-state index in [1.54, 1.807) is 23.7 Å². The van der Waals surface area contributed by atoms with Crippen LogP contribution in [0, 0.1) is 11.8 Å². The molecule has 8 nitrogen and oxygen atoms in total. The average molecular weight is 437 g/mol. The van der Waals surface area contributed by atoms with Crippen molar-refractivity contribution in [2.75, 3.05) is 11.9 Å². The first-order valence-electron chi connectivity index (χ1n) is 11.1. The summed E-state index contributed by atoms with van der Waals surface area (Å²) in [4.78, 5) is 43.4. The molecule has 2 saturated carbocycles. The molecule has 160 valence electrons. The molecule has 3 aliphatic rings. The molecule has 0 spiro atoms. The summed E-state index contributed by atoms with van der Waals surface area (Å²) in [7, 11) is 0. The summed E-state index contributed by atoms with van der Waals surface area (Å²) in [5.74, 6) is 1.71. The van der Waals surface area contributed by atoms with Crippen molar-refractivity contribution in [1.29, 1.82) is 0 Å². The number of nitrogens with one attached hydrogen (secondary N) is 3. The highest BCUT2D eigenvalue weighted by molar-refractivity contribution is 7.17. The second-order valence-corrected chi connectivity index (χ2v) is 10.0. The van der Waals surface area contributed by atoms with E-state index in [1.807, 2.05) is 0 Å². The second-order valence-electron chi connectivity index (χ2n) is 8.92. The van der Waals surface area contributed by atoms with Crippen LogP contribution in [0.5, 0.6) is 0 Å². The number of hydrogen-bond acceptors (Lipinski definition) is 6. The zero-order valence-electron chi connectivity index (χ0n) is 17.1. The Hall–Kier alpha value is -2.81. The van der Waals surface area contributed by atoms with Crippen LogP contribution in [0.4, 0.5) is 5.00 Å². The number of imidazole rings is 1. The predicted molar refractivity (Wildman–Crippen MR) is 117 cm³/mol. The largest absolute Gasteiger partial charge is 0.352 e. The number of hydrogen-bond donors (Lipinski definition) is 3. The van der Waals surface area contributed by atoms with Gasteiger partial charge in [-0.1, -0.05) is 0 Å². The fourth-order valence-electron chi connectivity index (χ4n) is 4.31. The van der Waals surface area contributed by atoms with Gasteiger partial charge in [0.15, 0.2) is 11.3 Å². The molecule has 3 aromatic rings. The smallest absolute Gasteiger partial charge is 0.254 e. The van der Waals surface area contributed by atoms with Crippen LogP contribution in [0.15, 0.2) is 12.4 Å². The number of nitrogens with zero attached hydrogens (tertiary/aromatic N) is 3. The number of aromatic amines is 1. The van der Waals surface area contributed by atoms with Crippen molar-refractivity contribution in [2.24, 2.45) is 11.8 Å². The van der Waals surface area contributed by atoms with E-state index in [0.717, 1.165) is 43.5 Å². The van der Waals surface area contributed by atoms with Gasteiger partial charge in [-0.2, -0.15) is 0 Å². The molecule has 9 heteroatoms. The standard InChI is InChI=1S/C22H24N6O2S/c29-20(12-3-4-12)28-22-16(21(30)25-10-11-1-2-11)14-9-13(5-6-15(14)31-22)17-26-18-19(27-17)24-8-7-23-18/h7-8,11-13H,1-6,9-10H2,(H,25,30)(H,28,29)(H,23,24,26,27). The molecule has 3 heterocycles. The molecule has 2 fully saturated rings. The van der Waals surface area contributed by atoms with E-state index in [1.165, 1.54) is 17.7 Å². The van der Waals surface area contributed by atoms with Gasteiger partial charge in [0.05, 0.1) is 5.56 Å². The minimum absolute atomic E-state index is 0.0424. The van der Waals surface area contributed by atoms with Gasteiger partial charge in [0.2, 0.25) is 5.91 Å². The van der Waals surface area contributed by atoms with Crippen LogP contribution >= 0.6 is 11.3 Å². The minimum Gasteiger partial charge on any atom is -0.352 e. The molecule has 31 heavy (non-hydrogen) atoms. The van der Waals surface area contributed by atoms with Crippen molar-refractivity contribution >= 4 is 39.4 Å². The van der Waals surface area contributed by atoms with Crippen molar-refractivity contribution in [1.82, 2.24) is 25.3 Å². The molecule has 0 radical (unpaired) electrons. The van der Waals surface area contributed by atoms with Crippen LogP contribution in [0.3, 0.4) is 0 Å². The fourth-order valence-corrected chi connectivity index (χ4v) is 5.55. The predicted octanol–water partition coefficient (Wildman–Crippen LogP) is 3.18. The Kier molecular flexibility index (Phi) is 4.52. The number of H-pyrrole nitrogens is 1. The van der Waals surface area contributed by atoms with Crippen LogP contribution in [0.25, 0.3) is 11.3 Å². The summed E-state index contributed by atoms with van der Waals surface area (Å²) in [6.45, 7) is 0.712. The number of amides is 2. The van der Waals surface area contributed by atoms with Gasteiger partial charge in [0.25, 0.3) is 5.91 Å². The summed E-state index contributed by atoms with van der Waals surface area (Å²) >= 11 is 1.57. The van der Waals surface area contributed by atoms with E-state index < -0.39 is 0 Å². The van der Waals surface area contributed by atoms with Crippen molar-refractivity contribution in [3.63, 3.8) is 0 Å².